The zero-order chi connectivity index (χ0) is 20.0. The van der Waals surface area contributed by atoms with Crippen LogP contribution in [0.4, 0.5) is 18.9 Å². The molecule has 0 aliphatic heterocycles. The van der Waals surface area contributed by atoms with E-state index in [2.05, 4.69) is 5.32 Å². The zero-order valence-electron chi connectivity index (χ0n) is 14.8. The lowest BCUT2D eigenvalue weighted by molar-refractivity contribution is -0.137. The fourth-order valence-electron chi connectivity index (χ4n) is 2.37. The number of hydrogen-bond donors (Lipinski definition) is 1. The van der Waals surface area contributed by atoms with E-state index in [0.29, 0.717) is 11.4 Å². The lowest BCUT2D eigenvalue weighted by Gasteiger charge is -2.17. The number of benzene rings is 2. The van der Waals surface area contributed by atoms with Crippen LogP contribution in [0.1, 0.15) is 11.1 Å². The van der Waals surface area contributed by atoms with Crippen molar-refractivity contribution in [1.29, 1.82) is 0 Å². The quantitative estimate of drug-likeness (QED) is 0.836. The number of methoxy groups -OCH3 is 1. The number of nitrogens with zero attached hydrogens (tertiary/aromatic N) is 1. The number of carbonyl (C=O) groups excluding carboxylic acids is 2. The number of amides is 2. The van der Waals surface area contributed by atoms with Crippen molar-refractivity contribution >= 4 is 17.5 Å². The van der Waals surface area contributed by atoms with Crippen LogP contribution in [0.2, 0.25) is 0 Å². The van der Waals surface area contributed by atoms with E-state index in [1.54, 1.807) is 24.3 Å². The summed E-state index contributed by atoms with van der Waals surface area (Å²) in [4.78, 5) is 25.4. The van der Waals surface area contributed by atoms with Crippen LogP contribution in [0.3, 0.4) is 0 Å². The van der Waals surface area contributed by atoms with E-state index < -0.39 is 23.6 Å². The van der Waals surface area contributed by atoms with Gasteiger partial charge in [-0.05, 0) is 23.8 Å². The number of alkyl halides is 3. The van der Waals surface area contributed by atoms with Crippen molar-refractivity contribution in [3.05, 3.63) is 59.7 Å². The summed E-state index contributed by atoms with van der Waals surface area (Å²) < 4.78 is 43.3. The molecular weight excluding hydrogens is 361 g/mol. The molecule has 2 aromatic rings. The van der Waals surface area contributed by atoms with Crippen molar-refractivity contribution in [2.75, 3.05) is 26.0 Å². The summed E-state index contributed by atoms with van der Waals surface area (Å²) in [6, 6.07) is 11.3. The number of ether oxygens (including phenoxy) is 1. The summed E-state index contributed by atoms with van der Waals surface area (Å²) in [5.41, 5.74) is -0.0702. The zero-order valence-corrected chi connectivity index (χ0v) is 14.8. The third-order valence-corrected chi connectivity index (χ3v) is 3.77. The van der Waals surface area contributed by atoms with Crippen molar-refractivity contribution < 1.29 is 27.5 Å². The summed E-state index contributed by atoms with van der Waals surface area (Å²) in [6.07, 6.45) is -4.70. The first-order chi connectivity index (χ1) is 12.7. The fourth-order valence-corrected chi connectivity index (χ4v) is 2.37. The Labute approximate surface area is 154 Å². The topological polar surface area (TPSA) is 58.6 Å². The number of nitrogens with one attached hydrogen (secondary N) is 1. The minimum absolute atomic E-state index is 0.227. The summed E-state index contributed by atoms with van der Waals surface area (Å²) in [6.45, 7) is -0.227. The molecule has 0 spiro atoms. The molecule has 144 valence electrons. The second kappa shape index (κ2) is 8.57. The summed E-state index contributed by atoms with van der Waals surface area (Å²) in [5.74, 6) is -0.319. The molecule has 5 nitrogen and oxygen atoms in total. The molecule has 2 aromatic carbocycles. The first kappa shape index (κ1) is 20.3. The van der Waals surface area contributed by atoms with Crippen LogP contribution in [0.5, 0.6) is 5.75 Å². The maximum absolute atomic E-state index is 12.7. The molecule has 0 aliphatic rings. The molecule has 2 amide bonds. The number of halogens is 3. The third-order valence-electron chi connectivity index (χ3n) is 3.77. The van der Waals surface area contributed by atoms with Crippen LogP contribution in [-0.4, -0.2) is 37.4 Å². The Morgan fingerprint density at radius 1 is 1.11 bits per heavy atom. The van der Waals surface area contributed by atoms with Crippen LogP contribution in [0.15, 0.2) is 48.5 Å². The highest BCUT2D eigenvalue weighted by Crippen LogP contribution is 2.29. The molecule has 0 saturated heterocycles. The smallest absolute Gasteiger partial charge is 0.416 e. The lowest BCUT2D eigenvalue weighted by atomic mass is 10.1. The molecule has 0 saturated carbocycles. The van der Waals surface area contributed by atoms with Gasteiger partial charge in [-0.15, -0.1) is 0 Å². The molecule has 0 atom stereocenters. The van der Waals surface area contributed by atoms with Gasteiger partial charge in [-0.1, -0.05) is 24.3 Å². The second-order valence-corrected chi connectivity index (χ2v) is 5.90. The van der Waals surface area contributed by atoms with Gasteiger partial charge in [0.25, 0.3) is 0 Å². The van der Waals surface area contributed by atoms with E-state index in [-0.39, 0.29) is 18.5 Å². The molecule has 2 rings (SSSR count). The average Bonchev–Trinajstić information content (AvgIpc) is 2.61. The van der Waals surface area contributed by atoms with E-state index in [4.69, 9.17) is 4.74 Å². The van der Waals surface area contributed by atoms with Crippen LogP contribution >= 0.6 is 0 Å². The van der Waals surface area contributed by atoms with E-state index in [1.807, 2.05) is 0 Å². The molecular formula is C19H19F3N2O3. The molecule has 0 aromatic heterocycles. The predicted molar refractivity (Wildman–Crippen MR) is 94.4 cm³/mol. The minimum atomic E-state index is -4.47. The number of rotatable bonds is 6. The summed E-state index contributed by atoms with van der Waals surface area (Å²) in [7, 11) is 2.92. The van der Waals surface area contributed by atoms with Gasteiger partial charge in [0.15, 0.2) is 0 Å². The molecule has 0 bridgehead atoms. The average molecular weight is 380 g/mol. The fraction of sp³-hybridized carbons (Fsp3) is 0.263. The van der Waals surface area contributed by atoms with Gasteiger partial charge in [-0.2, -0.15) is 13.2 Å². The summed E-state index contributed by atoms with van der Waals surface area (Å²) >= 11 is 0. The maximum atomic E-state index is 12.7. The van der Waals surface area contributed by atoms with Gasteiger partial charge in [0.2, 0.25) is 11.8 Å². The van der Waals surface area contributed by atoms with Gasteiger partial charge in [0.1, 0.15) is 5.75 Å². The first-order valence-electron chi connectivity index (χ1n) is 8.03. The Hall–Kier alpha value is -3.03. The molecule has 0 radical (unpaired) electrons. The molecule has 0 unspecified atom stereocenters. The van der Waals surface area contributed by atoms with Gasteiger partial charge >= 0.3 is 6.18 Å². The van der Waals surface area contributed by atoms with Crippen LogP contribution < -0.4 is 10.1 Å². The van der Waals surface area contributed by atoms with E-state index in [1.165, 1.54) is 26.3 Å². The summed E-state index contributed by atoms with van der Waals surface area (Å²) in [5, 5.41) is 2.63. The van der Waals surface area contributed by atoms with Gasteiger partial charge in [0.05, 0.1) is 25.6 Å². The monoisotopic (exact) mass is 380 g/mol. The molecule has 8 heteroatoms. The Morgan fingerprint density at radius 2 is 1.81 bits per heavy atom. The highest BCUT2D eigenvalue weighted by molar-refractivity contribution is 5.94. The number of hydrogen-bond acceptors (Lipinski definition) is 3. The van der Waals surface area contributed by atoms with E-state index >= 15 is 0 Å². The molecule has 0 aliphatic carbocycles. The SMILES string of the molecule is COc1cccc(NC(=O)CN(C)C(=O)Cc2cccc(C(F)(F)F)c2)c1. The van der Waals surface area contributed by atoms with Crippen LogP contribution in [-0.2, 0) is 22.2 Å². The Balaban J connectivity index is 1.94. The highest BCUT2D eigenvalue weighted by Gasteiger charge is 2.30. The van der Waals surface area contributed by atoms with Crippen molar-refractivity contribution in [3.63, 3.8) is 0 Å². The van der Waals surface area contributed by atoms with E-state index in [9.17, 15) is 22.8 Å². The predicted octanol–water partition coefficient (Wildman–Crippen LogP) is 3.35. The number of anilines is 1. The van der Waals surface area contributed by atoms with Crippen molar-refractivity contribution in [2.45, 2.75) is 12.6 Å². The van der Waals surface area contributed by atoms with Crippen molar-refractivity contribution in [3.8, 4) is 5.75 Å². The normalized spacial score (nSPS) is 11.0. The maximum Gasteiger partial charge on any atom is 0.416 e. The third kappa shape index (κ3) is 6.02. The van der Waals surface area contributed by atoms with Gasteiger partial charge in [-0.3, -0.25) is 9.59 Å². The van der Waals surface area contributed by atoms with Gasteiger partial charge in [0, 0.05) is 18.8 Å². The second-order valence-electron chi connectivity index (χ2n) is 5.90. The number of carbonyl (C=O) groups is 2. The Morgan fingerprint density at radius 3 is 2.48 bits per heavy atom. The molecule has 27 heavy (non-hydrogen) atoms. The number of likely N-dealkylation sites (N-methyl/N-ethyl adjacent to an activating group) is 1. The van der Waals surface area contributed by atoms with Crippen molar-refractivity contribution in [2.24, 2.45) is 0 Å². The first-order valence-corrected chi connectivity index (χ1v) is 8.03. The van der Waals surface area contributed by atoms with Crippen LogP contribution in [0.25, 0.3) is 0 Å². The molecule has 0 heterocycles. The minimum Gasteiger partial charge on any atom is -0.497 e. The Bertz CT molecular complexity index is 822. The van der Waals surface area contributed by atoms with Gasteiger partial charge < -0.3 is 15.0 Å². The Kier molecular flexibility index (Phi) is 6.44. The van der Waals surface area contributed by atoms with Crippen molar-refractivity contribution in [1.82, 2.24) is 4.90 Å². The largest absolute Gasteiger partial charge is 0.497 e. The van der Waals surface area contributed by atoms with Crippen LogP contribution in [0, 0.1) is 0 Å². The highest BCUT2D eigenvalue weighted by atomic mass is 19.4. The van der Waals surface area contributed by atoms with Gasteiger partial charge in [-0.25, -0.2) is 0 Å². The molecule has 1 N–H and O–H groups in total. The van der Waals surface area contributed by atoms with E-state index in [0.717, 1.165) is 17.0 Å². The standard InChI is InChI=1S/C19H19F3N2O3/c1-24(12-17(25)23-15-7-4-8-16(11-15)27-2)18(26)10-13-5-3-6-14(9-13)19(20,21)22/h3-9,11H,10,12H2,1-2H3,(H,23,25). The lowest BCUT2D eigenvalue weighted by Crippen LogP contribution is -2.35. The molecule has 0 fully saturated rings.